The molecule has 0 saturated carbocycles. The molecule has 2 aromatic rings. The average molecular weight is 365 g/mol. The maximum Gasteiger partial charge on any atom is 0.419 e. The van der Waals surface area contributed by atoms with Crippen LogP contribution in [0.15, 0.2) is 42.5 Å². The van der Waals surface area contributed by atoms with Gasteiger partial charge < -0.3 is 4.74 Å². The van der Waals surface area contributed by atoms with Crippen molar-refractivity contribution in [1.82, 2.24) is 4.90 Å². The molecule has 26 heavy (non-hydrogen) atoms. The van der Waals surface area contributed by atoms with Gasteiger partial charge in [0.1, 0.15) is 11.6 Å². The predicted octanol–water partition coefficient (Wildman–Crippen LogP) is 4.92. The van der Waals surface area contributed by atoms with Gasteiger partial charge in [-0.15, -0.1) is 0 Å². The Balaban J connectivity index is 1.57. The summed E-state index contributed by atoms with van der Waals surface area (Å²) in [6.45, 7) is 2.05. The smallest absolute Gasteiger partial charge is 0.419 e. The first-order chi connectivity index (χ1) is 12.3. The van der Waals surface area contributed by atoms with E-state index >= 15 is 0 Å². The molecule has 0 N–H and O–H groups in total. The van der Waals surface area contributed by atoms with Crippen LogP contribution in [0.5, 0.6) is 5.75 Å². The maximum absolute atomic E-state index is 13.6. The van der Waals surface area contributed by atoms with E-state index in [1.807, 2.05) is 19.2 Å². The Morgan fingerprint density at radius 3 is 2.69 bits per heavy atom. The average Bonchev–Trinajstić information content (AvgIpc) is 3.01. The molecule has 1 aliphatic heterocycles. The number of alkyl halides is 3. The first-order valence-electron chi connectivity index (χ1n) is 8.29. The van der Waals surface area contributed by atoms with E-state index in [1.165, 1.54) is 17.2 Å². The zero-order chi connectivity index (χ0) is 18.7. The van der Waals surface area contributed by atoms with Gasteiger partial charge in [-0.2, -0.15) is 13.2 Å². The predicted molar refractivity (Wildman–Crippen MR) is 92.4 cm³/mol. The van der Waals surface area contributed by atoms with E-state index in [2.05, 4.69) is 11.0 Å². The molecule has 0 aromatic heterocycles. The van der Waals surface area contributed by atoms with Crippen molar-refractivity contribution in [3.8, 4) is 5.75 Å². The highest BCUT2D eigenvalue weighted by atomic mass is 19.4. The molecule has 138 valence electrons. The molecular weight excluding hydrogens is 346 g/mol. The van der Waals surface area contributed by atoms with E-state index in [1.54, 1.807) is 12.2 Å². The topological polar surface area (TPSA) is 12.5 Å². The zero-order valence-electron chi connectivity index (χ0n) is 14.3. The molecule has 0 unspecified atom stereocenters. The number of benzene rings is 2. The Morgan fingerprint density at radius 1 is 1.15 bits per heavy atom. The third-order valence-corrected chi connectivity index (χ3v) is 4.23. The molecule has 0 saturated heterocycles. The Labute approximate surface area is 149 Å². The lowest BCUT2D eigenvalue weighted by atomic mass is 10.1. The molecule has 0 amide bonds. The molecule has 0 aliphatic carbocycles. The van der Waals surface area contributed by atoms with Crippen molar-refractivity contribution in [1.29, 1.82) is 0 Å². The van der Waals surface area contributed by atoms with Crippen LogP contribution < -0.4 is 4.74 Å². The molecule has 2 aromatic carbocycles. The standard InChI is InChI=1S/C20H19F4NO/c1-25(13-15-5-7-19-16(11-15)8-10-26-19)9-2-3-14-4-6-17(18(21)12-14)20(22,23)24/h2-7,11-12H,8-10,13H2,1H3/b3-2+. The molecule has 6 heteroatoms. The fourth-order valence-electron chi connectivity index (χ4n) is 2.95. The zero-order valence-corrected chi connectivity index (χ0v) is 14.3. The van der Waals surface area contributed by atoms with Gasteiger partial charge in [-0.1, -0.05) is 30.4 Å². The van der Waals surface area contributed by atoms with Crippen LogP contribution in [-0.2, 0) is 19.1 Å². The minimum atomic E-state index is -4.67. The quantitative estimate of drug-likeness (QED) is 0.697. The van der Waals surface area contributed by atoms with Crippen molar-refractivity contribution in [3.63, 3.8) is 0 Å². The molecule has 3 rings (SSSR count). The van der Waals surface area contributed by atoms with Crippen LogP contribution in [0.3, 0.4) is 0 Å². The van der Waals surface area contributed by atoms with Gasteiger partial charge in [-0.05, 0) is 41.9 Å². The number of ether oxygens (including phenoxy) is 1. The molecule has 1 heterocycles. The van der Waals surface area contributed by atoms with E-state index in [-0.39, 0.29) is 0 Å². The minimum absolute atomic E-state index is 0.401. The van der Waals surface area contributed by atoms with E-state index in [9.17, 15) is 17.6 Å². The second-order valence-electron chi connectivity index (χ2n) is 6.38. The number of fused-ring (bicyclic) bond motifs is 1. The van der Waals surface area contributed by atoms with E-state index in [0.717, 1.165) is 37.5 Å². The van der Waals surface area contributed by atoms with E-state index in [4.69, 9.17) is 4.74 Å². The summed E-state index contributed by atoms with van der Waals surface area (Å²) in [6, 6.07) is 9.07. The van der Waals surface area contributed by atoms with Gasteiger partial charge in [0.15, 0.2) is 0 Å². The van der Waals surface area contributed by atoms with Gasteiger partial charge in [0.25, 0.3) is 0 Å². The number of likely N-dealkylation sites (N-methyl/N-ethyl adjacent to an activating group) is 1. The largest absolute Gasteiger partial charge is 0.493 e. The summed E-state index contributed by atoms with van der Waals surface area (Å²) in [5, 5.41) is 0. The van der Waals surface area contributed by atoms with Crippen LogP contribution in [0.25, 0.3) is 6.08 Å². The van der Waals surface area contributed by atoms with E-state index in [0.29, 0.717) is 12.1 Å². The summed E-state index contributed by atoms with van der Waals surface area (Å²) in [6.07, 6.45) is -0.325. The molecule has 0 bridgehead atoms. The van der Waals surface area contributed by atoms with Gasteiger partial charge in [0.2, 0.25) is 0 Å². The van der Waals surface area contributed by atoms with Gasteiger partial charge >= 0.3 is 6.18 Å². The number of hydrogen-bond donors (Lipinski definition) is 0. The lowest BCUT2D eigenvalue weighted by Crippen LogP contribution is -2.17. The maximum atomic E-state index is 13.6. The van der Waals surface area contributed by atoms with Crippen molar-refractivity contribution in [2.75, 3.05) is 20.2 Å². The molecule has 0 fully saturated rings. The molecule has 0 spiro atoms. The van der Waals surface area contributed by atoms with Crippen LogP contribution in [0.2, 0.25) is 0 Å². The first kappa shape index (κ1) is 18.5. The lowest BCUT2D eigenvalue weighted by Gasteiger charge is -2.15. The van der Waals surface area contributed by atoms with Gasteiger partial charge in [0, 0.05) is 19.5 Å². The minimum Gasteiger partial charge on any atom is -0.493 e. The normalized spacial score (nSPS) is 14.1. The number of halogens is 4. The lowest BCUT2D eigenvalue weighted by molar-refractivity contribution is -0.140. The van der Waals surface area contributed by atoms with Crippen LogP contribution >= 0.6 is 0 Å². The molecule has 2 nitrogen and oxygen atoms in total. The first-order valence-corrected chi connectivity index (χ1v) is 8.29. The molecular formula is C20H19F4NO. The SMILES string of the molecule is CN(C/C=C/c1ccc(C(F)(F)F)c(F)c1)Cc1ccc2c(c1)CCO2. The Bertz CT molecular complexity index is 814. The highest BCUT2D eigenvalue weighted by Crippen LogP contribution is 2.31. The molecule has 0 atom stereocenters. The van der Waals surface area contributed by atoms with Gasteiger partial charge in [-0.25, -0.2) is 4.39 Å². The van der Waals surface area contributed by atoms with Crippen molar-refractivity contribution in [3.05, 3.63) is 70.5 Å². The Kier molecular flexibility index (Phi) is 5.32. The summed E-state index contributed by atoms with van der Waals surface area (Å²) in [7, 11) is 1.95. The van der Waals surface area contributed by atoms with Crippen LogP contribution in [0, 0.1) is 5.82 Å². The Hall–Kier alpha value is -2.34. The highest BCUT2D eigenvalue weighted by molar-refractivity contribution is 5.50. The highest BCUT2D eigenvalue weighted by Gasteiger charge is 2.33. The summed E-state index contributed by atoms with van der Waals surface area (Å²) in [5.74, 6) is -0.311. The summed E-state index contributed by atoms with van der Waals surface area (Å²) in [4.78, 5) is 2.06. The number of nitrogens with zero attached hydrogens (tertiary/aromatic N) is 1. The van der Waals surface area contributed by atoms with Crippen molar-refractivity contribution in [2.24, 2.45) is 0 Å². The second-order valence-corrected chi connectivity index (χ2v) is 6.38. The van der Waals surface area contributed by atoms with Crippen LogP contribution in [0.1, 0.15) is 22.3 Å². The summed E-state index contributed by atoms with van der Waals surface area (Å²) >= 11 is 0. The summed E-state index contributed by atoms with van der Waals surface area (Å²) in [5.41, 5.74) is 1.54. The van der Waals surface area contributed by atoms with Gasteiger partial charge in [-0.3, -0.25) is 4.90 Å². The third kappa shape index (κ3) is 4.43. The summed E-state index contributed by atoms with van der Waals surface area (Å²) < 4.78 is 56.7. The number of hydrogen-bond acceptors (Lipinski definition) is 2. The van der Waals surface area contributed by atoms with Gasteiger partial charge in [0.05, 0.1) is 12.2 Å². The molecule has 1 aliphatic rings. The van der Waals surface area contributed by atoms with Crippen molar-refractivity contribution in [2.45, 2.75) is 19.1 Å². The molecule has 0 radical (unpaired) electrons. The monoisotopic (exact) mass is 365 g/mol. The van der Waals surface area contributed by atoms with E-state index < -0.39 is 17.6 Å². The van der Waals surface area contributed by atoms with Crippen molar-refractivity contribution < 1.29 is 22.3 Å². The number of rotatable bonds is 5. The fraction of sp³-hybridized carbons (Fsp3) is 0.300. The van der Waals surface area contributed by atoms with Crippen LogP contribution in [-0.4, -0.2) is 25.1 Å². The second kappa shape index (κ2) is 7.50. The Morgan fingerprint density at radius 2 is 1.96 bits per heavy atom. The fourth-order valence-corrected chi connectivity index (χ4v) is 2.95. The van der Waals surface area contributed by atoms with Crippen LogP contribution in [0.4, 0.5) is 17.6 Å². The van der Waals surface area contributed by atoms with Crippen molar-refractivity contribution >= 4 is 6.08 Å². The third-order valence-electron chi connectivity index (χ3n) is 4.23.